The lowest BCUT2D eigenvalue weighted by atomic mass is 10.2. The van der Waals surface area contributed by atoms with Gasteiger partial charge in [0.15, 0.2) is 0 Å². The Morgan fingerprint density at radius 3 is 2.54 bits per heavy atom. The molecule has 0 saturated heterocycles. The number of hydrogen-bond acceptors (Lipinski definition) is 3. The lowest BCUT2D eigenvalue weighted by Gasteiger charge is -2.12. The van der Waals surface area contributed by atoms with Gasteiger partial charge in [0.05, 0.1) is 16.6 Å². The summed E-state index contributed by atoms with van der Waals surface area (Å²) < 4.78 is 8.09. The topological polar surface area (TPSA) is 64.3 Å². The van der Waals surface area contributed by atoms with Crippen molar-refractivity contribution in [1.82, 2.24) is 9.55 Å². The highest BCUT2D eigenvalue weighted by Crippen LogP contribution is 2.23. The summed E-state index contributed by atoms with van der Waals surface area (Å²) in [6.07, 6.45) is 0. The van der Waals surface area contributed by atoms with Gasteiger partial charge in [0, 0.05) is 6.54 Å². The number of imidazole rings is 1. The number of carboxylic acid groups (broad SMARTS) is 1. The number of nitrogens with zero attached hydrogens (tertiary/aromatic N) is 2. The molecule has 0 fully saturated rings. The Hall–Kier alpha value is -3.60. The number of carbonyl (C=O) groups is 1. The Labute approximate surface area is 162 Å². The molecule has 0 unspecified atom stereocenters. The number of benzene rings is 3. The van der Waals surface area contributed by atoms with Crippen LogP contribution in [0.3, 0.4) is 0 Å². The molecule has 0 bridgehead atoms. The molecule has 140 valence electrons. The standard InChI is InChI=1S/C23H20N2O3/c1-16-7-5-6-10-21(16)28-15-22-24-19-13-18(23(26)27)11-12-20(19)25(22)14-17-8-3-2-4-9-17/h2-13H,14-15H2,1H3,(H,26,27). The molecular formula is C23H20N2O3. The number of aromatic nitrogens is 2. The van der Waals surface area contributed by atoms with Crippen molar-refractivity contribution in [3.05, 3.63) is 95.3 Å². The summed E-state index contributed by atoms with van der Waals surface area (Å²) >= 11 is 0. The van der Waals surface area contributed by atoms with Crippen LogP contribution in [0.4, 0.5) is 0 Å². The number of para-hydroxylation sites is 1. The largest absolute Gasteiger partial charge is 0.485 e. The normalized spacial score (nSPS) is 10.9. The van der Waals surface area contributed by atoms with Crippen LogP contribution < -0.4 is 4.74 Å². The van der Waals surface area contributed by atoms with Crippen molar-refractivity contribution in [2.45, 2.75) is 20.1 Å². The lowest BCUT2D eigenvalue weighted by Crippen LogP contribution is -2.08. The number of carboxylic acids is 1. The summed E-state index contributed by atoms with van der Waals surface area (Å²) in [6, 6.07) is 23.0. The molecule has 0 spiro atoms. The van der Waals surface area contributed by atoms with E-state index in [9.17, 15) is 9.90 Å². The maximum absolute atomic E-state index is 11.3. The fourth-order valence-corrected chi connectivity index (χ4v) is 3.23. The van der Waals surface area contributed by atoms with Crippen LogP contribution in [0.5, 0.6) is 5.75 Å². The molecule has 1 aromatic heterocycles. The minimum Gasteiger partial charge on any atom is -0.485 e. The van der Waals surface area contributed by atoms with Crippen LogP contribution in [0.25, 0.3) is 11.0 Å². The van der Waals surface area contributed by atoms with Gasteiger partial charge in [-0.05, 0) is 42.3 Å². The molecule has 4 aromatic rings. The van der Waals surface area contributed by atoms with Crippen molar-refractivity contribution >= 4 is 17.0 Å². The third-order valence-electron chi connectivity index (χ3n) is 4.71. The number of hydrogen-bond donors (Lipinski definition) is 1. The molecule has 1 N–H and O–H groups in total. The van der Waals surface area contributed by atoms with E-state index < -0.39 is 5.97 Å². The summed E-state index contributed by atoms with van der Waals surface area (Å²) in [5.74, 6) is 0.605. The molecule has 0 aliphatic heterocycles. The van der Waals surface area contributed by atoms with E-state index in [0.717, 1.165) is 28.2 Å². The molecule has 0 amide bonds. The quantitative estimate of drug-likeness (QED) is 0.534. The number of ether oxygens (including phenoxy) is 1. The Kier molecular flexibility index (Phi) is 4.81. The van der Waals surface area contributed by atoms with Gasteiger partial charge in [-0.25, -0.2) is 9.78 Å². The van der Waals surface area contributed by atoms with Crippen molar-refractivity contribution in [3.8, 4) is 5.75 Å². The van der Waals surface area contributed by atoms with E-state index in [1.165, 1.54) is 0 Å². The zero-order chi connectivity index (χ0) is 19.5. The van der Waals surface area contributed by atoms with Gasteiger partial charge >= 0.3 is 5.97 Å². The van der Waals surface area contributed by atoms with Crippen molar-refractivity contribution in [3.63, 3.8) is 0 Å². The second kappa shape index (κ2) is 7.56. The van der Waals surface area contributed by atoms with Gasteiger partial charge in [-0.1, -0.05) is 48.5 Å². The van der Waals surface area contributed by atoms with Gasteiger partial charge in [0.25, 0.3) is 0 Å². The SMILES string of the molecule is Cc1ccccc1OCc1nc2cc(C(=O)O)ccc2n1Cc1ccccc1. The van der Waals surface area contributed by atoms with E-state index in [1.54, 1.807) is 12.1 Å². The third kappa shape index (κ3) is 3.60. The number of aryl methyl sites for hydroxylation is 1. The monoisotopic (exact) mass is 372 g/mol. The summed E-state index contributed by atoms with van der Waals surface area (Å²) in [5.41, 5.74) is 3.96. The van der Waals surface area contributed by atoms with Crippen LogP contribution in [0, 0.1) is 6.92 Å². The highest BCUT2D eigenvalue weighted by atomic mass is 16.5. The van der Waals surface area contributed by atoms with Crippen LogP contribution in [-0.2, 0) is 13.2 Å². The van der Waals surface area contributed by atoms with Crippen molar-refractivity contribution in [2.24, 2.45) is 0 Å². The van der Waals surface area contributed by atoms with Crippen LogP contribution in [0.1, 0.15) is 27.3 Å². The average molecular weight is 372 g/mol. The molecule has 0 saturated carbocycles. The molecule has 0 aliphatic carbocycles. The zero-order valence-corrected chi connectivity index (χ0v) is 15.5. The molecule has 28 heavy (non-hydrogen) atoms. The molecule has 0 radical (unpaired) electrons. The first-order valence-electron chi connectivity index (χ1n) is 9.06. The van der Waals surface area contributed by atoms with E-state index in [1.807, 2.05) is 55.5 Å². The number of aromatic carboxylic acids is 1. The van der Waals surface area contributed by atoms with Gasteiger partial charge in [0.2, 0.25) is 0 Å². The van der Waals surface area contributed by atoms with E-state index >= 15 is 0 Å². The minimum absolute atomic E-state index is 0.225. The Balaban J connectivity index is 1.73. The minimum atomic E-state index is -0.961. The molecule has 1 heterocycles. The van der Waals surface area contributed by atoms with Gasteiger partial charge in [-0.15, -0.1) is 0 Å². The first-order valence-corrected chi connectivity index (χ1v) is 9.06. The van der Waals surface area contributed by atoms with Gasteiger partial charge < -0.3 is 14.4 Å². The summed E-state index contributed by atoms with van der Waals surface area (Å²) in [5, 5.41) is 9.28. The molecule has 5 heteroatoms. The average Bonchev–Trinajstić information content (AvgIpc) is 3.05. The second-order valence-electron chi connectivity index (χ2n) is 6.66. The van der Waals surface area contributed by atoms with E-state index in [2.05, 4.69) is 21.7 Å². The summed E-state index contributed by atoms with van der Waals surface area (Å²) in [7, 11) is 0. The fourth-order valence-electron chi connectivity index (χ4n) is 3.23. The van der Waals surface area contributed by atoms with E-state index in [-0.39, 0.29) is 5.56 Å². The first-order chi connectivity index (χ1) is 13.6. The van der Waals surface area contributed by atoms with Crippen LogP contribution >= 0.6 is 0 Å². The smallest absolute Gasteiger partial charge is 0.335 e. The highest BCUT2D eigenvalue weighted by Gasteiger charge is 2.14. The summed E-state index contributed by atoms with van der Waals surface area (Å²) in [6.45, 7) is 2.94. The Bertz CT molecular complexity index is 1130. The van der Waals surface area contributed by atoms with Crippen LogP contribution in [0.2, 0.25) is 0 Å². The van der Waals surface area contributed by atoms with Crippen molar-refractivity contribution in [1.29, 1.82) is 0 Å². The summed E-state index contributed by atoms with van der Waals surface area (Å²) in [4.78, 5) is 16.0. The second-order valence-corrected chi connectivity index (χ2v) is 6.66. The fraction of sp³-hybridized carbons (Fsp3) is 0.130. The van der Waals surface area contributed by atoms with Crippen molar-refractivity contribution < 1.29 is 14.6 Å². The number of fused-ring (bicyclic) bond motifs is 1. The molecule has 0 atom stereocenters. The maximum atomic E-state index is 11.3. The Morgan fingerprint density at radius 1 is 1.04 bits per heavy atom. The van der Waals surface area contributed by atoms with Gasteiger partial charge in [-0.3, -0.25) is 0 Å². The first kappa shape index (κ1) is 17.8. The molecule has 5 nitrogen and oxygen atoms in total. The van der Waals surface area contributed by atoms with E-state index in [4.69, 9.17) is 4.74 Å². The van der Waals surface area contributed by atoms with Crippen LogP contribution in [-0.4, -0.2) is 20.6 Å². The van der Waals surface area contributed by atoms with Crippen LogP contribution in [0.15, 0.2) is 72.8 Å². The van der Waals surface area contributed by atoms with Gasteiger partial charge in [0.1, 0.15) is 18.2 Å². The third-order valence-corrected chi connectivity index (χ3v) is 4.71. The van der Waals surface area contributed by atoms with E-state index in [0.29, 0.717) is 18.7 Å². The van der Waals surface area contributed by atoms with Gasteiger partial charge in [-0.2, -0.15) is 0 Å². The highest BCUT2D eigenvalue weighted by molar-refractivity contribution is 5.92. The van der Waals surface area contributed by atoms with Crippen molar-refractivity contribution in [2.75, 3.05) is 0 Å². The Morgan fingerprint density at radius 2 is 1.79 bits per heavy atom. The molecule has 3 aromatic carbocycles. The molecular weight excluding hydrogens is 352 g/mol. The maximum Gasteiger partial charge on any atom is 0.335 e. The lowest BCUT2D eigenvalue weighted by molar-refractivity contribution is 0.0697. The zero-order valence-electron chi connectivity index (χ0n) is 15.5. The predicted octanol–water partition coefficient (Wildman–Crippen LogP) is 4.67. The predicted molar refractivity (Wildman–Crippen MR) is 108 cm³/mol. The number of rotatable bonds is 6. The molecule has 0 aliphatic rings. The molecule has 4 rings (SSSR count).